The minimum Gasteiger partial charge on any atom is -0.175 e. The molecule has 2 heterocycles. The molecule has 134 valence electrons. The Morgan fingerprint density at radius 2 is 1.88 bits per heavy atom. The van der Waals surface area contributed by atoms with E-state index < -0.39 is 0 Å². The number of rotatable bonds is 5. The number of benzene rings is 2. The standard InChI is InChI=1S/C24H28NS/c1-4-7-10-17-13-14-20-21(15-17)26-22-18-11-8-9-12-19(18)23(5-2)16-24(23,6-3)25(20)22/h8-9,11-15H,4-7,10,16H2,1-3H3/q+1. The Bertz CT molecular complexity index is 1000. The van der Waals surface area contributed by atoms with Crippen LogP contribution < -0.4 is 4.57 Å². The van der Waals surface area contributed by atoms with Crippen LogP contribution in [0.1, 0.15) is 64.0 Å². The molecule has 2 aliphatic rings. The van der Waals surface area contributed by atoms with Gasteiger partial charge in [-0.05, 0) is 42.5 Å². The van der Waals surface area contributed by atoms with Crippen LogP contribution in [0, 0.1) is 0 Å². The van der Waals surface area contributed by atoms with Gasteiger partial charge < -0.3 is 0 Å². The third kappa shape index (κ3) is 1.89. The molecule has 0 N–H and O–H groups in total. The summed E-state index contributed by atoms with van der Waals surface area (Å²) in [5.41, 5.74) is 6.65. The minimum atomic E-state index is 0.286. The predicted octanol–water partition coefficient (Wildman–Crippen LogP) is 6.37. The summed E-state index contributed by atoms with van der Waals surface area (Å²) in [5.74, 6) is 0. The third-order valence-corrected chi connectivity index (χ3v) is 8.29. The van der Waals surface area contributed by atoms with E-state index in [1.54, 1.807) is 5.56 Å². The molecule has 1 nitrogen and oxygen atoms in total. The molecule has 0 bridgehead atoms. The SMILES string of the molecule is CCCCc1ccc2c(c1)sc1[n+]2C2(CC)CC2(CC)c2ccccc2-1. The van der Waals surface area contributed by atoms with Gasteiger partial charge in [0.05, 0.1) is 11.0 Å². The molecule has 1 aromatic heterocycles. The molecule has 1 aliphatic heterocycles. The second-order valence-corrected chi connectivity index (χ2v) is 9.22. The van der Waals surface area contributed by atoms with Gasteiger partial charge in [0.1, 0.15) is 4.70 Å². The molecule has 2 heteroatoms. The molecule has 26 heavy (non-hydrogen) atoms. The van der Waals surface area contributed by atoms with Gasteiger partial charge in [0.2, 0.25) is 5.52 Å². The summed E-state index contributed by atoms with van der Waals surface area (Å²) in [6.07, 6.45) is 7.50. The van der Waals surface area contributed by atoms with Crippen LogP contribution in [-0.2, 0) is 17.4 Å². The van der Waals surface area contributed by atoms with Crippen molar-refractivity contribution in [2.75, 3.05) is 0 Å². The van der Waals surface area contributed by atoms with Crippen molar-refractivity contribution in [1.82, 2.24) is 0 Å². The molecule has 2 atom stereocenters. The van der Waals surface area contributed by atoms with Crippen LogP contribution in [0.5, 0.6) is 0 Å². The average Bonchev–Trinajstić information content (AvgIpc) is 3.24. The number of nitrogens with zero attached hydrogens (tertiary/aromatic N) is 1. The van der Waals surface area contributed by atoms with Crippen molar-refractivity contribution in [3.8, 4) is 10.6 Å². The van der Waals surface area contributed by atoms with E-state index in [4.69, 9.17) is 0 Å². The summed E-state index contributed by atoms with van der Waals surface area (Å²) >= 11 is 2.01. The van der Waals surface area contributed by atoms with Crippen LogP contribution in [0.2, 0.25) is 0 Å². The van der Waals surface area contributed by atoms with Gasteiger partial charge in [0, 0.05) is 18.9 Å². The third-order valence-electron chi connectivity index (χ3n) is 7.14. The second kappa shape index (κ2) is 5.66. The molecule has 5 rings (SSSR count). The van der Waals surface area contributed by atoms with Gasteiger partial charge in [-0.25, -0.2) is 0 Å². The summed E-state index contributed by atoms with van der Waals surface area (Å²) in [6, 6.07) is 16.4. The van der Waals surface area contributed by atoms with E-state index in [2.05, 4.69) is 67.8 Å². The Hall–Kier alpha value is -1.67. The van der Waals surface area contributed by atoms with Gasteiger partial charge >= 0.3 is 0 Å². The van der Waals surface area contributed by atoms with Crippen molar-refractivity contribution in [1.29, 1.82) is 0 Å². The first-order valence-corrected chi connectivity index (χ1v) is 11.1. The molecule has 0 amide bonds. The monoisotopic (exact) mass is 362 g/mol. The summed E-state index contributed by atoms with van der Waals surface area (Å²) in [7, 11) is 0. The van der Waals surface area contributed by atoms with Crippen LogP contribution in [0.25, 0.3) is 20.8 Å². The van der Waals surface area contributed by atoms with Crippen molar-refractivity contribution < 1.29 is 4.57 Å². The van der Waals surface area contributed by atoms with Crippen LogP contribution in [-0.4, -0.2) is 0 Å². The minimum absolute atomic E-state index is 0.286. The van der Waals surface area contributed by atoms with Crippen molar-refractivity contribution in [3.05, 3.63) is 53.6 Å². The molecule has 1 fully saturated rings. The molecule has 1 aliphatic carbocycles. The van der Waals surface area contributed by atoms with Gasteiger partial charge in [-0.15, -0.1) is 0 Å². The highest BCUT2D eigenvalue weighted by Gasteiger charge is 2.77. The van der Waals surface area contributed by atoms with Crippen LogP contribution in [0.4, 0.5) is 0 Å². The van der Waals surface area contributed by atoms with Crippen LogP contribution in [0.15, 0.2) is 42.5 Å². The van der Waals surface area contributed by atoms with E-state index >= 15 is 0 Å². The number of fused-ring (bicyclic) bond motifs is 8. The zero-order chi connectivity index (χ0) is 17.9. The smallest absolute Gasteiger partial charge is 0.175 e. The Balaban J connectivity index is 1.78. The van der Waals surface area contributed by atoms with Gasteiger partial charge in [-0.2, -0.15) is 4.57 Å². The van der Waals surface area contributed by atoms with E-state index in [1.165, 1.54) is 64.9 Å². The zero-order valence-electron chi connectivity index (χ0n) is 16.1. The van der Waals surface area contributed by atoms with Crippen molar-refractivity contribution in [2.24, 2.45) is 0 Å². The van der Waals surface area contributed by atoms with Gasteiger partial charge in [-0.3, -0.25) is 0 Å². The van der Waals surface area contributed by atoms with Crippen LogP contribution >= 0.6 is 11.3 Å². The fourth-order valence-corrected chi connectivity index (χ4v) is 7.00. The number of unbranched alkanes of at least 4 members (excludes halogenated alkanes) is 1. The van der Waals surface area contributed by atoms with E-state index in [9.17, 15) is 0 Å². The van der Waals surface area contributed by atoms with Crippen molar-refractivity contribution >= 4 is 21.6 Å². The van der Waals surface area contributed by atoms with Gasteiger partial charge in [0.25, 0.3) is 5.01 Å². The van der Waals surface area contributed by atoms with E-state index in [1.807, 2.05) is 11.3 Å². The molecule has 3 aromatic rings. The Morgan fingerprint density at radius 3 is 2.65 bits per heavy atom. The number of aromatic nitrogens is 1. The fraction of sp³-hybridized carbons (Fsp3) is 0.458. The lowest BCUT2D eigenvalue weighted by atomic mass is 9.81. The summed E-state index contributed by atoms with van der Waals surface area (Å²) in [6.45, 7) is 7.05. The molecule has 1 saturated carbocycles. The molecular formula is C24H28NS+. The second-order valence-electron chi connectivity index (χ2n) is 8.19. The quantitative estimate of drug-likeness (QED) is 0.464. The molecular weight excluding hydrogens is 334 g/mol. The molecule has 2 aromatic carbocycles. The van der Waals surface area contributed by atoms with Gasteiger partial charge in [0.15, 0.2) is 5.54 Å². The lowest BCUT2D eigenvalue weighted by molar-refractivity contribution is -0.708. The maximum Gasteiger partial charge on any atom is 0.270 e. The maximum absolute atomic E-state index is 2.74. The van der Waals surface area contributed by atoms with E-state index in [0.29, 0.717) is 5.41 Å². The number of hydrogen-bond donors (Lipinski definition) is 0. The molecule has 0 saturated heterocycles. The molecule has 0 radical (unpaired) electrons. The molecule has 2 unspecified atom stereocenters. The normalized spacial score (nSPS) is 25.7. The first kappa shape index (κ1) is 16.5. The van der Waals surface area contributed by atoms with Crippen molar-refractivity contribution in [3.63, 3.8) is 0 Å². The predicted molar refractivity (Wildman–Crippen MR) is 111 cm³/mol. The van der Waals surface area contributed by atoms with Gasteiger partial charge in [-0.1, -0.05) is 62.8 Å². The first-order valence-electron chi connectivity index (χ1n) is 10.3. The van der Waals surface area contributed by atoms with E-state index in [-0.39, 0.29) is 5.54 Å². The highest BCUT2D eigenvalue weighted by atomic mass is 32.1. The first-order chi connectivity index (χ1) is 12.7. The Morgan fingerprint density at radius 1 is 1.04 bits per heavy atom. The number of thiazole rings is 1. The zero-order valence-corrected chi connectivity index (χ0v) is 17.0. The van der Waals surface area contributed by atoms with Crippen LogP contribution in [0.3, 0.4) is 0 Å². The highest BCUT2D eigenvalue weighted by Crippen LogP contribution is 2.68. The highest BCUT2D eigenvalue weighted by molar-refractivity contribution is 7.21. The summed E-state index contributed by atoms with van der Waals surface area (Å²) < 4.78 is 4.21. The summed E-state index contributed by atoms with van der Waals surface area (Å²) in [5, 5.41) is 1.48. The average molecular weight is 363 g/mol. The Labute approximate surface area is 160 Å². The fourth-order valence-electron chi connectivity index (χ4n) is 5.67. The Kier molecular flexibility index (Phi) is 3.59. The lowest BCUT2D eigenvalue weighted by Gasteiger charge is -2.27. The largest absolute Gasteiger partial charge is 0.270 e. The maximum atomic E-state index is 2.74. The lowest BCUT2D eigenvalue weighted by Crippen LogP contribution is -2.53. The van der Waals surface area contributed by atoms with Crippen molar-refractivity contribution in [2.45, 2.75) is 70.3 Å². The number of hydrogen-bond acceptors (Lipinski definition) is 1. The summed E-state index contributed by atoms with van der Waals surface area (Å²) in [4.78, 5) is 0. The topological polar surface area (TPSA) is 3.88 Å². The van der Waals surface area contributed by atoms with E-state index in [0.717, 1.165) is 0 Å². The number of aryl methyl sites for hydroxylation is 1. The molecule has 0 spiro atoms.